The van der Waals surface area contributed by atoms with Crippen LogP contribution in [0.3, 0.4) is 0 Å². The number of hydrogen-bond acceptors (Lipinski definition) is 5. The minimum Gasteiger partial charge on any atom is -0.427 e. The largest absolute Gasteiger partial charge is 0.427 e. The zero-order chi connectivity index (χ0) is 18.1. The average Bonchev–Trinajstić information content (AvgIpc) is 2.50. The highest BCUT2D eigenvalue weighted by molar-refractivity contribution is 5.79. The van der Waals surface area contributed by atoms with Gasteiger partial charge in [-0.05, 0) is 30.9 Å². The van der Waals surface area contributed by atoms with Gasteiger partial charge in [0, 0.05) is 32.4 Å². The second-order valence-electron chi connectivity index (χ2n) is 5.56. The Hall–Kier alpha value is -2.37. The van der Waals surface area contributed by atoms with E-state index >= 15 is 0 Å². The fourth-order valence-electron chi connectivity index (χ4n) is 2.26. The van der Waals surface area contributed by atoms with Gasteiger partial charge in [-0.25, -0.2) is 0 Å². The van der Waals surface area contributed by atoms with Gasteiger partial charge in [0.15, 0.2) is 0 Å². The zero-order valence-electron chi connectivity index (χ0n) is 14.7. The van der Waals surface area contributed by atoms with Crippen LogP contribution in [0.15, 0.2) is 18.2 Å². The maximum Gasteiger partial charge on any atom is 0.308 e. The standard InChI is InChI=1S/C18H25NO5/c1-5-9-19-18(22)14(6-2)10-15-7-8-16(23-12(3)20)11-17(15)24-13(4)21/h7-8,11,14H,5-6,9-10H2,1-4H3,(H,19,22). The van der Waals surface area contributed by atoms with Crippen molar-refractivity contribution in [2.75, 3.05) is 6.54 Å². The van der Waals surface area contributed by atoms with Gasteiger partial charge in [-0.3, -0.25) is 14.4 Å². The molecule has 0 aromatic heterocycles. The van der Waals surface area contributed by atoms with E-state index in [4.69, 9.17) is 9.47 Å². The van der Waals surface area contributed by atoms with Crippen LogP contribution in [0.1, 0.15) is 46.1 Å². The lowest BCUT2D eigenvalue weighted by molar-refractivity contribution is -0.132. The van der Waals surface area contributed by atoms with E-state index in [2.05, 4.69) is 5.32 Å². The van der Waals surface area contributed by atoms with Crippen molar-refractivity contribution in [2.45, 2.75) is 47.0 Å². The molecule has 1 N–H and O–H groups in total. The summed E-state index contributed by atoms with van der Waals surface area (Å²) >= 11 is 0. The molecule has 24 heavy (non-hydrogen) atoms. The summed E-state index contributed by atoms with van der Waals surface area (Å²) in [6.07, 6.45) is 1.98. The number of benzene rings is 1. The molecule has 0 aliphatic heterocycles. The summed E-state index contributed by atoms with van der Waals surface area (Å²) in [5.74, 6) is -0.557. The molecule has 1 amide bonds. The Bertz CT molecular complexity index is 597. The van der Waals surface area contributed by atoms with Crippen molar-refractivity contribution < 1.29 is 23.9 Å². The van der Waals surface area contributed by atoms with Crippen LogP contribution in [0.2, 0.25) is 0 Å². The first kappa shape index (κ1) is 19.7. The predicted octanol–water partition coefficient (Wildman–Crippen LogP) is 2.63. The molecular weight excluding hydrogens is 310 g/mol. The first-order valence-corrected chi connectivity index (χ1v) is 8.14. The Morgan fingerprint density at radius 2 is 1.75 bits per heavy atom. The van der Waals surface area contributed by atoms with E-state index < -0.39 is 11.9 Å². The molecule has 0 radical (unpaired) electrons. The van der Waals surface area contributed by atoms with E-state index in [1.54, 1.807) is 12.1 Å². The topological polar surface area (TPSA) is 81.7 Å². The van der Waals surface area contributed by atoms with Crippen LogP contribution < -0.4 is 14.8 Å². The molecule has 0 heterocycles. The van der Waals surface area contributed by atoms with Crippen LogP contribution >= 0.6 is 0 Å². The first-order valence-electron chi connectivity index (χ1n) is 8.14. The molecule has 132 valence electrons. The lowest BCUT2D eigenvalue weighted by atomic mass is 9.95. The smallest absolute Gasteiger partial charge is 0.308 e. The second-order valence-corrected chi connectivity index (χ2v) is 5.56. The van der Waals surface area contributed by atoms with Gasteiger partial charge in [0.25, 0.3) is 0 Å². The highest BCUT2D eigenvalue weighted by Crippen LogP contribution is 2.28. The Balaban J connectivity index is 3.00. The number of esters is 2. The first-order chi connectivity index (χ1) is 11.4. The van der Waals surface area contributed by atoms with Crippen molar-refractivity contribution in [1.29, 1.82) is 0 Å². The van der Waals surface area contributed by atoms with Crippen LogP contribution in [-0.4, -0.2) is 24.4 Å². The normalized spacial score (nSPS) is 11.5. The molecule has 0 saturated carbocycles. The number of amides is 1. The molecule has 0 fully saturated rings. The maximum atomic E-state index is 12.2. The highest BCUT2D eigenvalue weighted by Gasteiger charge is 2.20. The molecular formula is C18H25NO5. The summed E-state index contributed by atoms with van der Waals surface area (Å²) in [7, 11) is 0. The van der Waals surface area contributed by atoms with Crippen molar-refractivity contribution in [1.82, 2.24) is 5.32 Å². The summed E-state index contributed by atoms with van der Waals surface area (Å²) in [5, 5.41) is 2.89. The van der Waals surface area contributed by atoms with Crippen LogP contribution in [0, 0.1) is 5.92 Å². The second kappa shape index (κ2) is 9.70. The third-order valence-corrected chi connectivity index (χ3v) is 3.43. The van der Waals surface area contributed by atoms with E-state index in [0.29, 0.717) is 30.9 Å². The van der Waals surface area contributed by atoms with E-state index in [0.717, 1.165) is 12.0 Å². The molecule has 1 aromatic rings. The Kier molecular flexibility index (Phi) is 7.95. The van der Waals surface area contributed by atoms with Crippen LogP contribution in [0.25, 0.3) is 0 Å². The minimum absolute atomic E-state index is 0.0165. The van der Waals surface area contributed by atoms with Crippen LogP contribution in [-0.2, 0) is 20.8 Å². The summed E-state index contributed by atoms with van der Waals surface area (Å²) < 4.78 is 10.2. The number of carbonyl (C=O) groups excluding carboxylic acids is 3. The molecule has 0 spiro atoms. The summed E-state index contributed by atoms with van der Waals surface area (Å²) in [6, 6.07) is 4.83. The molecule has 0 bridgehead atoms. The molecule has 1 atom stereocenters. The van der Waals surface area contributed by atoms with Gasteiger partial charge in [-0.1, -0.05) is 19.9 Å². The van der Waals surface area contributed by atoms with E-state index in [9.17, 15) is 14.4 Å². The van der Waals surface area contributed by atoms with Gasteiger partial charge >= 0.3 is 11.9 Å². The van der Waals surface area contributed by atoms with Crippen LogP contribution in [0.5, 0.6) is 11.5 Å². The monoisotopic (exact) mass is 335 g/mol. The quantitative estimate of drug-likeness (QED) is 0.583. The van der Waals surface area contributed by atoms with Crippen molar-refractivity contribution in [3.05, 3.63) is 23.8 Å². The maximum absolute atomic E-state index is 12.2. The Morgan fingerprint density at radius 1 is 1.08 bits per heavy atom. The van der Waals surface area contributed by atoms with Gasteiger partial charge in [-0.15, -0.1) is 0 Å². The van der Waals surface area contributed by atoms with E-state index in [1.165, 1.54) is 19.9 Å². The van der Waals surface area contributed by atoms with Crippen LogP contribution in [0.4, 0.5) is 0 Å². The Morgan fingerprint density at radius 3 is 2.29 bits per heavy atom. The van der Waals surface area contributed by atoms with Gasteiger partial charge in [0.1, 0.15) is 11.5 Å². The number of carbonyl (C=O) groups is 3. The molecule has 0 saturated heterocycles. The van der Waals surface area contributed by atoms with Crippen molar-refractivity contribution in [3.8, 4) is 11.5 Å². The number of hydrogen-bond donors (Lipinski definition) is 1. The number of rotatable bonds is 8. The fourth-order valence-corrected chi connectivity index (χ4v) is 2.26. The summed E-state index contributed by atoms with van der Waals surface area (Å²) in [5.41, 5.74) is 0.722. The number of ether oxygens (including phenoxy) is 2. The van der Waals surface area contributed by atoms with E-state index in [1.807, 2.05) is 13.8 Å². The van der Waals surface area contributed by atoms with Crippen molar-refractivity contribution in [3.63, 3.8) is 0 Å². The molecule has 0 aliphatic carbocycles. The SMILES string of the molecule is CCCNC(=O)C(CC)Cc1ccc(OC(C)=O)cc1OC(C)=O. The van der Waals surface area contributed by atoms with Gasteiger partial charge < -0.3 is 14.8 Å². The molecule has 0 aliphatic rings. The van der Waals surface area contributed by atoms with Gasteiger partial charge in [0.05, 0.1) is 0 Å². The minimum atomic E-state index is -0.472. The average molecular weight is 335 g/mol. The fraction of sp³-hybridized carbons (Fsp3) is 0.500. The third kappa shape index (κ3) is 6.40. The Labute approximate surface area is 142 Å². The zero-order valence-corrected chi connectivity index (χ0v) is 14.7. The molecule has 1 unspecified atom stereocenters. The molecule has 6 heteroatoms. The number of nitrogens with one attached hydrogen (secondary N) is 1. The molecule has 1 rings (SSSR count). The van der Waals surface area contributed by atoms with Gasteiger partial charge in [-0.2, -0.15) is 0 Å². The van der Waals surface area contributed by atoms with Gasteiger partial charge in [0.2, 0.25) is 5.91 Å². The lowest BCUT2D eigenvalue weighted by Gasteiger charge is -2.17. The predicted molar refractivity (Wildman–Crippen MR) is 89.8 cm³/mol. The lowest BCUT2D eigenvalue weighted by Crippen LogP contribution is -2.32. The van der Waals surface area contributed by atoms with Crippen molar-refractivity contribution >= 4 is 17.8 Å². The van der Waals surface area contributed by atoms with E-state index in [-0.39, 0.29) is 11.8 Å². The summed E-state index contributed by atoms with van der Waals surface area (Å²) in [4.78, 5) is 34.6. The third-order valence-electron chi connectivity index (χ3n) is 3.43. The highest BCUT2D eigenvalue weighted by atomic mass is 16.5. The van der Waals surface area contributed by atoms with Crippen molar-refractivity contribution in [2.24, 2.45) is 5.92 Å². The summed E-state index contributed by atoms with van der Waals surface area (Å²) in [6.45, 7) is 7.17. The molecule has 6 nitrogen and oxygen atoms in total. The molecule has 1 aromatic carbocycles.